The molecule has 1 N–H and O–H groups in total. The molecule has 0 aliphatic rings. The Balaban J connectivity index is 1.91. The van der Waals surface area contributed by atoms with Crippen molar-refractivity contribution in [2.45, 2.75) is 13.8 Å². The standard InChI is InChI=1S/C21H18N2O8S/c1-4-30-20(25)16-11(2)17(21(26)29-3)32-19(16)22-18(24)15-9-8-14(31-15)12-6-5-7-13(10-12)23(27)28/h5-10H,4H2,1-3H3,(H,22,24). The third-order valence-electron chi connectivity index (χ3n) is 4.40. The zero-order valence-electron chi connectivity index (χ0n) is 17.3. The minimum atomic E-state index is -0.691. The van der Waals surface area contributed by atoms with E-state index in [0.717, 1.165) is 11.3 Å². The van der Waals surface area contributed by atoms with E-state index in [2.05, 4.69) is 5.32 Å². The normalized spacial score (nSPS) is 10.5. The molecule has 0 saturated heterocycles. The number of ether oxygens (including phenoxy) is 2. The Morgan fingerprint density at radius 2 is 1.94 bits per heavy atom. The molecule has 0 radical (unpaired) electrons. The van der Waals surface area contributed by atoms with Crippen molar-refractivity contribution < 1.29 is 33.2 Å². The van der Waals surface area contributed by atoms with Crippen LogP contribution in [0.2, 0.25) is 0 Å². The summed E-state index contributed by atoms with van der Waals surface area (Å²) in [5, 5.41) is 13.7. The fourth-order valence-corrected chi connectivity index (χ4v) is 4.00. The molecule has 1 aromatic carbocycles. The molecule has 32 heavy (non-hydrogen) atoms. The molecule has 0 aliphatic heterocycles. The molecule has 0 unspecified atom stereocenters. The van der Waals surface area contributed by atoms with Crippen molar-refractivity contribution in [1.29, 1.82) is 0 Å². The van der Waals surface area contributed by atoms with Gasteiger partial charge in [0.1, 0.15) is 15.6 Å². The van der Waals surface area contributed by atoms with Gasteiger partial charge in [-0.3, -0.25) is 14.9 Å². The molecule has 166 valence electrons. The van der Waals surface area contributed by atoms with Gasteiger partial charge < -0.3 is 19.2 Å². The van der Waals surface area contributed by atoms with E-state index >= 15 is 0 Å². The summed E-state index contributed by atoms with van der Waals surface area (Å²) in [6.45, 7) is 3.30. The van der Waals surface area contributed by atoms with E-state index in [1.165, 1.54) is 37.4 Å². The second kappa shape index (κ2) is 9.43. The topological polar surface area (TPSA) is 138 Å². The van der Waals surface area contributed by atoms with E-state index in [0.29, 0.717) is 11.1 Å². The summed E-state index contributed by atoms with van der Waals surface area (Å²) in [6.07, 6.45) is 0. The van der Waals surface area contributed by atoms with Crippen molar-refractivity contribution in [3.63, 3.8) is 0 Å². The lowest BCUT2D eigenvalue weighted by Gasteiger charge is -2.06. The minimum Gasteiger partial charge on any atom is -0.465 e. The fourth-order valence-electron chi connectivity index (χ4n) is 2.89. The maximum atomic E-state index is 12.8. The number of nitrogens with one attached hydrogen (secondary N) is 1. The van der Waals surface area contributed by atoms with Crippen molar-refractivity contribution in [2.24, 2.45) is 0 Å². The lowest BCUT2D eigenvalue weighted by molar-refractivity contribution is -0.384. The van der Waals surface area contributed by atoms with Gasteiger partial charge in [-0.05, 0) is 31.5 Å². The molecule has 2 aromatic heterocycles. The number of carbonyl (C=O) groups is 3. The predicted octanol–water partition coefficient (Wildman–Crippen LogP) is 4.44. The van der Waals surface area contributed by atoms with E-state index in [9.17, 15) is 24.5 Å². The van der Waals surface area contributed by atoms with Crippen LogP contribution in [0.4, 0.5) is 10.7 Å². The van der Waals surface area contributed by atoms with Crippen molar-refractivity contribution in [1.82, 2.24) is 0 Å². The van der Waals surface area contributed by atoms with Gasteiger partial charge in [0.05, 0.1) is 24.2 Å². The molecule has 0 bridgehead atoms. The Kier molecular flexibility index (Phi) is 6.69. The molecule has 0 fully saturated rings. The van der Waals surface area contributed by atoms with Crippen LogP contribution in [0.15, 0.2) is 40.8 Å². The lowest BCUT2D eigenvalue weighted by Crippen LogP contribution is -2.14. The van der Waals surface area contributed by atoms with Gasteiger partial charge in [0, 0.05) is 17.7 Å². The number of nitro groups is 1. The Morgan fingerprint density at radius 1 is 1.19 bits per heavy atom. The van der Waals surface area contributed by atoms with Crippen LogP contribution in [0.1, 0.15) is 43.1 Å². The molecule has 0 saturated carbocycles. The van der Waals surface area contributed by atoms with Crippen molar-refractivity contribution in [3.8, 4) is 11.3 Å². The summed E-state index contributed by atoms with van der Waals surface area (Å²) in [4.78, 5) is 47.8. The number of amides is 1. The number of esters is 2. The smallest absolute Gasteiger partial charge is 0.348 e. The first-order valence-electron chi connectivity index (χ1n) is 9.31. The summed E-state index contributed by atoms with van der Waals surface area (Å²) < 4.78 is 15.3. The zero-order chi connectivity index (χ0) is 23.4. The second-order valence-electron chi connectivity index (χ2n) is 6.40. The van der Waals surface area contributed by atoms with E-state index in [1.54, 1.807) is 19.9 Å². The van der Waals surface area contributed by atoms with E-state index in [1.807, 2.05) is 0 Å². The molecule has 1 amide bonds. The molecular weight excluding hydrogens is 440 g/mol. The molecule has 10 nitrogen and oxygen atoms in total. The second-order valence-corrected chi connectivity index (χ2v) is 7.42. The van der Waals surface area contributed by atoms with E-state index in [4.69, 9.17) is 13.9 Å². The first-order valence-corrected chi connectivity index (χ1v) is 10.1. The van der Waals surface area contributed by atoms with Crippen LogP contribution in [0, 0.1) is 17.0 Å². The Labute approximate surface area is 185 Å². The molecule has 3 aromatic rings. The van der Waals surface area contributed by atoms with Gasteiger partial charge in [0.2, 0.25) is 0 Å². The van der Waals surface area contributed by atoms with Crippen LogP contribution >= 0.6 is 11.3 Å². The fraction of sp³-hybridized carbons (Fsp3) is 0.190. The van der Waals surface area contributed by atoms with Gasteiger partial charge in [-0.2, -0.15) is 0 Å². The van der Waals surface area contributed by atoms with Gasteiger partial charge in [0.25, 0.3) is 11.6 Å². The van der Waals surface area contributed by atoms with E-state index in [-0.39, 0.29) is 39.3 Å². The van der Waals surface area contributed by atoms with Crippen LogP contribution in [-0.2, 0) is 9.47 Å². The van der Waals surface area contributed by atoms with Gasteiger partial charge in [-0.25, -0.2) is 9.59 Å². The highest BCUT2D eigenvalue weighted by molar-refractivity contribution is 7.18. The maximum Gasteiger partial charge on any atom is 0.348 e. The largest absolute Gasteiger partial charge is 0.465 e. The SMILES string of the molecule is CCOC(=O)c1c(NC(=O)c2ccc(-c3cccc([N+](=O)[O-])c3)o2)sc(C(=O)OC)c1C. The van der Waals surface area contributed by atoms with Gasteiger partial charge >= 0.3 is 11.9 Å². The monoisotopic (exact) mass is 458 g/mol. The van der Waals surface area contributed by atoms with Crippen LogP contribution in [0.5, 0.6) is 0 Å². The molecule has 0 aliphatic carbocycles. The van der Waals surface area contributed by atoms with Crippen LogP contribution in [0.25, 0.3) is 11.3 Å². The quantitative estimate of drug-likeness (QED) is 0.311. The van der Waals surface area contributed by atoms with Crippen LogP contribution in [0.3, 0.4) is 0 Å². The average molecular weight is 458 g/mol. The molecule has 11 heteroatoms. The number of benzene rings is 1. The third kappa shape index (κ3) is 4.52. The number of nitro benzene ring substituents is 1. The molecule has 0 spiro atoms. The number of furan rings is 1. The molecule has 2 heterocycles. The maximum absolute atomic E-state index is 12.8. The van der Waals surface area contributed by atoms with Crippen molar-refractivity contribution in [3.05, 3.63) is 68.3 Å². The first kappa shape index (κ1) is 22.7. The number of anilines is 1. The number of thiophene rings is 1. The summed E-state index contributed by atoms with van der Waals surface area (Å²) in [5.41, 5.74) is 0.683. The predicted molar refractivity (Wildman–Crippen MR) is 115 cm³/mol. The number of hydrogen-bond acceptors (Lipinski definition) is 9. The van der Waals surface area contributed by atoms with Crippen molar-refractivity contribution in [2.75, 3.05) is 19.0 Å². The molecular formula is C21H18N2O8S. The number of methoxy groups -OCH3 is 1. The Morgan fingerprint density at radius 3 is 2.59 bits per heavy atom. The van der Waals surface area contributed by atoms with Gasteiger partial charge in [0.15, 0.2) is 5.76 Å². The van der Waals surface area contributed by atoms with Crippen LogP contribution < -0.4 is 5.32 Å². The van der Waals surface area contributed by atoms with Gasteiger partial charge in [-0.1, -0.05) is 12.1 Å². The highest BCUT2D eigenvalue weighted by atomic mass is 32.1. The van der Waals surface area contributed by atoms with Crippen molar-refractivity contribution >= 4 is 39.9 Å². The highest BCUT2D eigenvalue weighted by Gasteiger charge is 2.28. The number of nitrogens with zero attached hydrogens (tertiary/aromatic N) is 1. The number of hydrogen-bond donors (Lipinski definition) is 1. The Hall–Kier alpha value is -3.99. The van der Waals surface area contributed by atoms with Crippen LogP contribution in [-0.4, -0.2) is 36.5 Å². The summed E-state index contributed by atoms with van der Waals surface area (Å²) in [6, 6.07) is 8.68. The minimum absolute atomic E-state index is 0.0519. The third-order valence-corrected chi connectivity index (χ3v) is 5.58. The van der Waals surface area contributed by atoms with E-state index < -0.39 is 22.8 Å². The highest BCUT2D eigenvalue weighted by Crippen LogP contribution is 2.35. The summed E-state index contributed by atoms with van der Waals surface area (Å²) >= 11 is 0.880. The molecule has 0 atom stereocenters. The molecule has 3 rings (SSSR count). The summed E-state index contributed by atoms with van der Waals surface area (Å²) in [7, 11) is 1.21. The first-order chi connectivity index (χ1) is 15.3. The zero-order valence-corrected chi connectivity index (χ0v) is 18.1. The number of non-ortho nitro benzene ring substituents is 1. The Bertz CT molecular complexity index is 1210. The lowest BCUT2D eigenvalue weighted by atomic mass is 10.1. The van der Waals surface area contributed by atoms with Gasteiger partial charge in [-0.15, -0.1) is 11.3 Å². The number of carbonyl (C=O) groups excluding carboxylic acids is 3. The number of rotatable bonds is 7. The average Bonchev–Trinajstić information content (AvgIpc) is 3.38. The summed E-state index contributed by atoms with van der Waals surface area (Å²) in [5.74, 6) is -1.85.